The molecule has 3 aromatic rings. The van der Waals surface area contributed by atoms with Crippen molar-refractivity contribution in [3.8, 4) is 0 Å². The molecule has 2 aromatic carbocycles. The summed E-state index contributed by atoms with van der Waals surface area (Å²) in [5.74, 6) is -0.397. The van der Waals surface area contributed by atoms with Crippen LogP contribution in [0.25, 0.3) is 10.9 Å². The summed E-state index contributed by atoms with van der Waals surface area (Å²) in [6, 6.07) is 16.8. The Morgan fingerprint density at radius 1 is 1.09 bits per heavy atom. The van der Waals surface area contributed by atoms with Crippen molar-refractivity contribution in [1.82, 2.24) is 14.8 Å². The number of ether oxygens (including phenoxy) is 1. The van der Waals surface area contributed by atoms with E-state index in [2.05, 4.69) is 5.32 Å². The molecule has 172 valence electrons. The van der Waals surface area contributed by atoms with E-state index < -0.39 is 17.7 Å². The molecule has 0 aliphatic carbocycles. The molecule has 0 fully saturated rings. The van der Waals surface area contributed by atoms with Gasteiger partial charge in [0.15, 0.2) is 0 Å². The molecule has 1 aromatic heterocycles. The maximum absolute atomic E-state index is 13.3. The number of amides is 2. The van der Waals surface area contributed by atoms with E-state index in [9.17, 15) is 14.4 Å². The fourth-order valence-corrected chi connectivity index (χ4v) is 4.18. The van der Waals surface area contributed by atoms with Gasteiger partial charge < -0.3 is 15.0 Å². The van der Waals surface area contributed by atoms with Crippen LogP contribution in [0.4, 0.5) is 4.79 Å². The number of fused-ring (bicyclic) bond motifs is 3. The van der Waals surface area contributed by atoms with E-state index in [1.54, 1.807) is 26.8 Å². The van der Waals surface area contributed by atoms with Gasteiger partial charge in [0.2, 0.25) is 0 Å². The second kappa shape index (κ2) is 8.73. The normalized spacial score (nSPS) is 14.8. The number of hydrogen-bond acceptors (Lipinski definition) is 4. The van der Waals surface area contributed by atoms with Crippen LogP contribution >= 0.6 is 0 Å². The number of aromatic nitrogens is 1. The number of nitrogens with one attached hydrogen (secondary N) is 1. The quantitative estimate of drug-likeness (QED) is 0.636. The second-order valence-electron chi connectivity index (χ2n) is 9.54. The van der Waals surface area contributed by atoms with Crippen molar-refractivity contribution < 1.29 is 19.1 Å². The number of nitrogens with zero attached hydrogens (tertiary/aromatic N) is 2. The van der Waals surface area contributed by atoms with Crippen LogP contribution in [0, 0.1) is 6.92 Å². The molecule has 1 aliphatic rings. The zero-order chi connectivity index (χ0) is 23.8. The molecule has 7 nitrogen and oxygen atoms in total. The maximum Gasteiger partial charge on any atom is 0.407 e. The van der Waals surface area contributed by atoms with E-state index in [4.69, 9.17) is 4.74 Å². The molecule has 0 radical (unpaired) electrons. The first-order chi connectivity index (χ1) is 15.6. The minimum atomic E-state index is -0.642. The van der Waals surface area contributed by atoms with Gasteiger partial charge in [-0.1, -0.05) is 42.0 Å². The van der Waals surface area contributed by atoms with Gasteiger partial charge in [0, 0.05) is 11.9 Å². The lowest BCUT2D eigenvalue weighted by Gasteiger charge is -2.31. The maximum atomic E-state index is 13.3. The monoisotopic (exact) mass is 447 g/mol. The van der Waals surface area contributed by atoms with Crippen LogP contribution < -0.4 is 5.32 Å². The fraction of sp³-hybridized carbons (Fsp3) is 0.346. The van der Waals surface area contributed by atoms with Crippen LogP contribution in [-0.2, 0) is 11.2 Å². The Morgan fingerprint density at radius 3 is 2.52 bits per heavy atom. The first kappa shape index (κ1) is 22.6. The van der Waals surface area contributed by atoms with E-state index in [0.29, 0.717) is 12.1 Å². The van der Waals surface area contributed by atoms with Gasteiger partial charge in [0.05, 0.1) is 11.6 Å². The van der Waals surface area contributed by atoms with Crippen LogP contribution in [0.15, 0.2) is 54.6 Å². The molecular weight excluding hydrogens is 418 g/mol. The molecule has 1 aliphatic heterocycles. The topological polar surface area (TPSA) is 80.6 Å². The van der Waals surface area contributed by atoms with E-state index >= 15 is 0 Å². The summed E-state index contributed by atoms with van der Waals surface area (Å²) in [4.78, 5) is 40.3. The van der Waals surface area contributed by atoms with Crippen molar-refractivity contribution in [3.63, 3.8) is 0 Å². The van der Waals surface area contributed by atoms with Crippen LogP contribution in [-0.4, -0.2) is 52.1 Å². The van der Waals surface area contributed by atoms with Crippen molar-refractivity contribution in [3.05, 3.63) is 71.4 Å². The van der Waals surface area contributed by atoms with Crippen molar-refractivity contribution in [2.24, 2.45) is 0 Å². The Bertz CT molecular complexity index is 1210. The molecule has 1 atom stereocenters. The Morgan fingerprint density at radius 2 is 1.82 bits per heavy atom. The molecular formula is C26H29N3O4. The smallest absolute Gasteiger partial charge is 0.407 e. The van der Waals surface area contributed by atoms with E-state index in [0.717, 1.165) is 22.0 Å². The van der Waals surface area contributed by atoms with Gasteiger partial charge in [-0.25, -0.2) is 4.79 Å². The Kier molecular flexibility index (Phi) is 5.97. The summed E-state index contributed by atoms with van der Waals surface area (Å²) in [5.41, 5.74) is 2.52. The van der Waals surface area contributed by atoms with Gasteiger partial charge in [-0.15, -0.1) is 0 Å². The average molecular weight is 448 g/mol. The second-order valence-corrected chi connectivity index (χ2v) is 9.54. The number of hydrogen-bond donors (Lipinski definition) is 1. The number of carbonyl (C=O) groups is 3. The highest BCUT2D eigenvalue weighted by molar-refractivity contribution is 6.09. The van der Waals surface area contributed by atoms with Gasteiger partial charge in [0.1, 0.15) is 17.8 Å². The first-order valence-corrected chi connectivity index (χ1v) is 11.1. The van der Waals surface area contributed by atoms with Crippen LogP contribution in [0.5, 0.6) is 0 Å². The predicted octanol–water partition coefficient (Wildman–Crippen LogP) is 4.18. The Labute approximate surface area is 193 Å². The van der Waals surface area contributed by atoms with Crippen molar-refractivity contribution in [2.75, 3.05) is 13.1 Å². The lowest BCUT2D eigenvalue weighted by Crippen LogP contribution is -2.52. The number of aryl methyl sites for hydroxylation is 1. The largest absolute Gasteiger partial charge is 0.444 e. The summed E-state index contributed by atoms with van der Waals surface area (Å²) in [6.07, 6.45) is -0.0518. The molecule has 4 rings (SSSR count). The predicted molar refractivity (Wildman–Crippen MR) is 127 cm³/mol. The summed E-state index contributed by atoms with van der Waals surface area (Å²) < 4.78 is 6.93. The molecule has 2 heterocycles. The molecule has 1 N–H and O–H groups in total. The van der Waals surface area contributed by atoms with Crippen molar-refractivity contribution in [1.29, 1.82) is 0 Å². The number of alkyl carbamates (subject to hydrolysis) is 1. The molecule has 0 spiro atoms. The zero-order valence-corrected chi connectivity index (χ0v) is 19.4. The van der Waals surface area contributed by atoms with Crippen molar-refractivity contribution in [2.45, 2.75) is 45.8 Å². The minimum absolute atomic E-state index is 0.0508. The summed E-state index contributed by atoms with van der Waals surface area (Å²) >= 11 is 0. The first-order valence-electron chi connectivity index (χ1n) is 11.1. The molecule has 0 unspecified atom stereocenters. The van der Waals surface area contributed by atoms with Crippen LogP contribution in [0.2, 0.25) is 0 Å². The lowest BCUT2D eigenvalue weighted by atomic mass is 10.0. The third-order valence-corrected chi connectivity index (χ3v) is 5.53. The SMILES string of the molecule is Cc1ccc2c(c1)cc1n2C(=O)CN(C[C@H](Cc2ccccc2)NC(=O)OC(C)(C)C)C1=O. The van der Waals surface area contributed by atoms with Gasteiger partial charge in [-0.05, 0) is 57.9 Å². The van der Waals surface area contributed by atoms with E-state index in [1.807, 2.05) is 55.5 Å². The molecule has 0 bridgehead atoms. The lowest BCUT2D eigenvalue weighted by molar-refractivity contribution is 0.0469. The molecule has 2 amide bonds. The Balaban J connectivity index is 1.59. The highest BCUT2D eigenvalue weighted by atomic mass is 16.6. The Hall–Kier alpha value is -3.61. The van der Waals surface area contributed by atoms with Gasteiger partial charge in [-0.3, -0.25) is 14.2 Å². The van der Waals surface area contributed by atoms with E-state index in [-0.39, 0.29) is 24.9 Å². The average Bonchev–Trinajstić information content (AvgIpc) is 3.10. The van der Waals surface area contributed by atoms with Crippen molar-refractivity contribution >= 4 is 28.8 Å². The standard InChI is InChI=1S/C26H29N3O4/c1-17-10-11-21-19(12-17)14-22-24(31)28(16-23(30)29(21)22)15-20(13-18-8-6-5-7-9-18)27-25(32)33-26(2,3)4/h5-12,14,20H,13,15-16H2,1-4H3,(H,27,32)/t20-/m0/s1. The van der Waals surface area contributed by atoms with Gasteiger partial charge in [0.25, 0.3) is 11.8 Å². The van der Waals surface area contributed by atoms with Gasteiger partial charge in [-0.2, -0.15) is 0 Å². The van der Waals surface area contributed by atoms with E-state index in [1.165, 1.54) is 9.47 Å². The zero-order valence-electron chi connectivity index (χ0n) is 19.4. The van der Waals surface area contributed by atoms with Crippen LogP contribution in [0.1, 0.15) is 47.2 Å². The van der Waals surface area contributed by atoms with Gasteiger partial charge >= 0.3 is 6.09 Å². The number of rotatable bonds is 5. The summed E-state index contributed by atoms with van der Waals surface area (Å²) in [7, 11) is 0. The minimum Gasteiger partial charge on any atom is -0.444 e. The highest BCUT2D eigenvalue weighted by Crippen LogP contribution is 2.25. The highest BCUT2D eigenvalue weighted by Gasteiger charge is 2.33. The fourth-order valence-electron chi connectivity index (χ4n) is 4.18. The molecule has 0 saturated carbocycles. The summed E-state index contributed by atoms with van der Waals surface area (Å²) in [5, 5.41) is 3.75. The molecule has 0 saturated heterocycles. The molecule has 33 heavy (non-hydrogen) atoms. The third-order valence-electron chi connectivity index (χ3n) is 5.53. The summed E-state index contributed by atoms with van der Waals surface area (Å²) in [6.45, 7) is 7.51. The third kappa shape index (κ3) is 5.08. The number of carbonyl (C=O) groups excluding carboxylic acids is 3. The number of benzene rings is 2. The molecule has 7 heteroatoms. The van der Waals surface area contributed by atoms with Crippen LogP contribution in [0.3, 0.4) is 0 Å².